The first-order valence-corrected chi connectivity index (χ1v) is 9.35. The average molecular weight is 379 g/mol. The van der Waals surface area contributed by atoms with Crippen molar-refractivity contribution in [1.29, 1.82) is 0 Å². The van der Waals surface area contributed by atoms with Crippen LogP contribution in [0.15, 0.2) is 12.0 Å². The number of carbonyl (C=O) groups excluding carboxylic acids is 3. The number of rotatable bonds is 3. The number of amides is 3. The maximum Gasteiger partial charge on any atom is 0.294 e. The molecule has 1 aliphatic carbocycles. The summed E-state index contributed by atoms with van der Waals surface area (Å²) < 4.78 is 10.4. The molecule has 1 aromatic rings. The van der Waals surface area contributed by atoms with Crippen molar-refractivity contribution in [3.63, 3.8) is 0 Å². The summed E-state index contributed by atoms with van der Waals surface area (Å²) in [6.45, 7) is 2.01. The predicted octanol–water partition coefficient (Wildman–Crippen LogP) is 1.62. The van der Waals surface area contributed by atoms with Gasteiger partial charge in [-0.2, -0.15) is 0 Å². The Bertz CT molecular complexity index is 756. The zero-order valence-corrected chi connectivity index (χ0v) is 15.3. The second-order valence-electron chi connectivity index (χ2n) is 6.06. The number of anilines is 1. The lowest BCUT2D eigenvalue weighted by atomic mass is 10.1. The third-order valence-electron chi connectivity index (χ3n) is 4.10. The summed E-state index contributed by atoms with van der Waals surface area (Å²) in [5, 5.41) is 3.22. The van der Waals surface area contributed by atoms with Crippen LogP contribution < -0.4 is 16.2 Å². The molecular weight excluding hydrogens is 358 g/mol. The van der Waals surface area contributed by atoms with Gasteiger partial charge >= 0.3 is 0 Å². The molecule has 0 unspecified atom stereocenters. The zero-order chi connectivity index (χ0) is 18.5. The van der Waals surface area contributed by atoms with Gasteiger partial charge in [0, 0.05) is 11.8 Å². The van der Waals surface area contributed by atoms with Crippen LogP contribution in [0.25, 0.3) is 0 Å². The smallest absolute Gasteiger partial charge is 0.294 e. The van der Waals surface area contributed by atoms with Gasteiger partial charge in [0.15, 0.2) is 0 Å². The Labute approximate surface area is 154 Å². The van der Waals surface area contributed by atoms with Crippen LogP contribution in [0.2, 0.25) is 0 Å². The van der Waals surface area contributed by atoms with Crippen LogP contribution in [0.1, 0.15) is 47.0 Å². The summed E-state index contributed by atoms with van der Waals surface area (Å²) in [4.78, 5) is 37.2. The van der Waals surface area contributed by atoms with Crippen LogP contribution in [0, 0.1) is 0 Å². The van der Waals surface area contributed by atoms with E-state index in [9.17, 15) is 14.4 Å². The number of hydrogen-bond donors (Lipinski definition) is 3. The number of nitrogens with one attached hydrogen (secondary N) is 3. The second kappa shape index (κ2) is 8.22. The van der Waals surface area contributed by atoms with Gasteiger partial charge in [-0.3, -0.25) is 25.2 Å². The number of hydrazine groups is 1. The molecule has 3 rings (SSSR count). The Morgan fingerprint density at radius 3 is 2.58 bits per heavy atom. The van der Waals surface area contributed by atoms with Crippen LogP contribution in [-0.2, 0) is 31.9 Å². The first-order chi connectivity index (χ1) is 12.6. The minimum atomic E-state index is -0.463. The van der Waals surface area contributed by atoms with Crippen molar-refractivity contribution in [2.75, 3.05) is 18.5 Å². The van der Waals surface area contributed by atoms with Gasteiger partial charge in [0.25, 0.3) is 11.8 Å². The average Bonchev–Trinajstić information content (AvgIpc) is 2.81. The number of aryl methyl sites for hydroxylation is 1. The van der Waals surface area contributed by atoms with Crippen molar-refractivity contribution in [2.45, 2.75) is 39.0 Å². The third-order valence-corrected chi connectivity index (χ3v) is 5.31. The molecule has 1 aliphatic heterocycles. The molecule has 0 saturated heterocycles. The van der Waals surface area contributed by atoms with Crippen LogP contribution in [0.5, 0.6) is 0 Å². The van der Waals surface area contributed by atoms with Gasteiger partial charge in [-0.15, -0.1) is 11.3 Å². The molecule has 3 amide bonds. The molecule has 26 heavy (non-hydrogen) atoms. The Hall–Kier alpha value is -2.55. The zero-order valence-electron chi connectivity index (χ0n) is 14.5. The molecule has 0 saturated carbocycles. The summed E-state index contributed by atoms with van der Waals surface area (Å²) in [5.41, 5.74) is 6.05. The molecule has 0 fully saturated rings. The van der Waals surface area contributed by atoms with E-state index in [0.717, 1.165) is 42.5 Å². The fourth-order valence-electron chi connectivity index (χ4n) is 2.93. The molecule has 0 radical (unpaired) electrons. The van der Waals surface area contributed by atoms with E-state index < -0.39 is 11.8 Å². The monoisotopic (exact) mass is 379 g/mol. The van der Waals surface area contributed by atoms with Gasteiger partial charge in [-0.1, -0.05) is 6.42 Å². The van der Waals surface area contributed by atoms with E-state index in [-0.39, 0.29) is 11.7 Å². The van der Waals surface area contributed by atoms with Crippen molar-refractivity contribution in [3.05, 3.63) is 28.0 Å². The highest BCUT2D eigenvalue weighted by Crippen LogP contribution is 2.37. The van der Waals surface area contributed by atoms with Crippen molar-refractivity contribution in [1.82, 2.24) is 10.9 Å². The lowest BCUT2D eigenvalue weighted by Crippen LogP contribution is -2.40. The van der Waals surface area contributed by atoms with E-state index in [1.165, 1.54) is 24.5 Å². The maximum absolute atomic E-state index is 12.6. The van der Waals surface area contributed by atoms with Crippen molar-refractivity contribution in [3.8, 4) is 0 Å². The highest BCUT2D eigenvalue weighted by molar-refractivity contribution is 7.17. The molecule has 8 nitrogen and oxygen atoms in total. The van der Waals surface area contributed by atoms with E-state index in [2.05, 4.69) is 16.2 Å². The van der Waals surface area contributed by atoms with Gasteiger partial charge in [0.2, 0.25) is 11.7 Å². The topological polar surface area (TPSA) is 106 Å². The highest BCUT2D eigenvalue weighted by atomic mass is 32.1. The second-order valence-corrected chi connectivity index (χ2v) is 7.16. The maximum atomic E-state index is 12.6. The summed E-state index contributed by atoms with van der Waals surface area (Å²) >= 11 is 1.40. The predicted molar refractivity (Wildman–Crippen MR) is 95.5 cm³/mol. The van der Waals surface area contributed by atoms with Gasteiger partial charge in [0.1, 0.15) is 24.5 Å². The van der Waals surface area contributed by atoms with Crippen LogP contribution in [0.4, 0.5) is 5.00 Å². The van der Waals surface area contributed by atoms with E-state index >= 15 is 0 Å². The minimum absolute atomic E-state index is 0.0769. The molecule has 2 aliphatic rings. The largest absolute Gasteiger partial charge is 0.494 e. The summed E-state index contributed by atoms with van der Waals surface area (Å²) in [6.07, 6.45) is 6.06. The number of hydrogen-bond acceptors (Lipinski definition) is 6. The van der Waals surface area contributed by atoms with E-state index in [4.69, 9.17) is 9.47 Å². The standard InChI is InChI=1S/C17H21N3O5S/c1-10(21)19-20-16(23)14-11-5-3-2-4-6-13(11)26-17(14)18-15(22)12-9-24-7-8-25-12/h9H,2-8H2,1H3,(H,18,22)(H,19,21)(H,20,23). The molecule has 2 heterocycles. The lowest BCUT2D eigenvalue weighted by Gasteiger charge is -2.15. The molecule has 140 valence electrons. The van der Waals surface area contributed by atoms with Crippen molar-refractivity contribution < 1.29 is 23.9 Å². The van der Waals surface area contributed by atoms with Crippen LogP contribution in [0.3, 0.4) is 0 Å². The first-order valence-electron chi connectivity index (χ1n) is 8.53. The Morgan fingerprint density at radius 1 is 1.04 bits per heavy atom. The normalized spacial score (nSPS) is 16.1. The quantitative estimate of drug-likeness (QED) is 0.547. The van der Waals surface area contributed by atoms with Crippen LogP contribution >= 0.6 is 11.3 Å². The molecule has 1 aromatic heterocycles. The van der Waals surface area contributed by atoms with Gasteiger partial charge in [-0.25, -0.2) is 0 Å². The molecule has 0 spiro atoms. The summed E-state index contributed by atoms with van der Waals surface area (Å²) in [5.74, 6) is -1.20. The number of thiophene rings is 1. The van der Waals surface area contributed by atoms with E-state index in [1.54, 1.807) is 0 Å². The minimum Gasteiger partial charge on any atom is -0.494 e. The Morgan fingerprint density at radius 2 is 1.85 bits per heavy atom. The van der Waals surface area contributed by atoms with Gasteiger partial charge in [-0.05, 0) is 31.2 Å². The number of carbonyl (C=O) groups is 3. The fraction of sp³-hybridized carbons (Fsp3) is 0.471. The Balaban J connectivity index is 1.87. The summed E-state index contributed by atoms with van der Waals surface area (Å²) in [7, 11) is 0. The first kappa shape index (κ1) is 18.2. The fourth-order valence-corrected chi connectivity index (χ4v) is 4.21. The van der Waals surface area contributed by atoms with Crippen molar-refractivity contribution >= 4 is 34.1 Å². The number of fused-ring (bicyclic) bond motifs is 1. The molecule has 9 heteroatoms. The number of ether oxygens (including phenoxy) is 2. The molecular formula is C17H21N3O5S. The van der Waals surface area contributed by atoms with Crippen molar-refractivity contribution in [2.24, 2.45) is 0 Å². The SMILES string of the molecule is CC(=O)NNC(=O)c1c(NC(=O)C2=COCCO2)sc2c1CCCCC2. The lowest BCUT2D eigenvalue weighted by molar-refractivity contribution is -0.119. The van der Waals surface area contributed by atoms with Crippen LogP contribution in [-0.4, -0.2) is 30.9 Å². The van der Waals surface area contributed by atoms with E-state index in [0.29, 0.717) is 23.8 Å². The van der Waals surface area contributed by atoms with E-state index in [1.807, 2.05) is 0 Å². The van der Waals surface area contributed by atoms with Gasteiger partial charge < -0.3 is 14.8 Å². The molecule has 0 bridgehead atoms. The summed E-state index contributed by atoms with van der Waals surface area (Å²) in [6, 6.07) is 0. The third kappa shape index (κ3) is 4.16. The molecule has 3 N–H and O–H groups in total. The Kier molecular flexibility index (Phi) is 5.77. The molecule has 0 aromatic carbocycles. The molecule has 0 atom stereocenters. The highest BCUT2D eigenvalue weighted by Gasteiger charge is 2.27. The van der Waals surface area contributed by atoms with Gasteiger partial charge in [0.05, 0.1) is 5.56 Å².